The molecule has 1 N–H and O–H groups in total. The summed E-state index contributed by atoms with van der Waals surface area (Å²) >= 11 is 3.27. The highest BCUT2D eigenvalue weighted by Gasteiger charge is 2.22. The van der Waals surface area contributed by atoms with Crippen LogP contribution in [0.5, 0.6) is 11.5 Å². The Bertz CT molecular complexity index is 1020. The van der Waals surface area contributed by atoms with Crippen molar-refractivity contribution in [2.24, 2.45) is 0 Å². The van der Waals surface area contributed by atoms with Gasteiger partial charge in [0.15, 0.2) is 11.5 Å². The fraction of sp³-hybridized carbons (Fsp3) is 0.133. The molecule has 11 heteroatoms. The lowest BCUT2D eigenvalue weighted by molar-refractivity contribution is 0.353. The maximum Gasteiger partial charge on any atom is 0.263 e. The lowest BCUT2D eigenvalue weighted by Gasteiger charge is -2.15. The second kappa shape index (κ2) is 7.30. The summed E-state index contributed by atoms with van der Waals surface area (Å²) in [5, 5.41) is 10.9. The van der Waals surface area contributed by atoms with Gasteiger partial charge in [-0.2, -0.15) is 4.68 Å². The van der Waals surface area contributed by atoms with E-state index in [1.165, 1.54) is 37.4 Å². The van der Waals surface area contributed by atoms with E-state index in [2.05, 4.69) is 36.2 Å². The molecule has 0 bridgehead atoms. The highest BCUT2D eigenvalue weighted by Crippen LogP contribution is 2.36. The predicted octanol–water partition coefficient (Wildman–Crippen LogP) is 2.24. The van der Waals surface area contributed by atoms with E-state index in [4.69, 9.17) is 9.47 Å². The van der Waals surface area contributed by atoms with Crippen molar-refractivity contribution < 1.29 is 17.9 Å². The van der Waals surface area contributed by atoms with E-state index in [0.717, 1.165) is 0 Å². The maximum atomic E-state index is 12.9. The van der Waals surface area contributed by atoms with Crippen molar-refractivity contribution in [1.82, 2.24) is 20.2 Å². The molecule has 3 aromatic rings. The Morgan fingerprint density at radius 1 is 1.12 bits per heavy atom. The van der Waals surface area contributed by atoms with Gasteiger partial charge in [0.2, 0.25) is 0 Å². The van der Waals surface area contributed by atoms with Crippen LogP contribution < -0.4 is 14.2 Å². The molecule has 0 saturated carbocycles. The van der Waals surface area contributed by atoms with Crippen molar-refractivity contribution in [2.45, 2.75) is 4.90 Å². The highest BCUT2D eigenvalue weighted by molar-refractivity contribution is 9.10. The Morgan fingerprint density at radius 2 is 1.81 bits per heavy atom. The van der Waals surface area contributed by atoms with E-state index in [1.54, 1.807) is 24.3 Å². The Balaban J connectivity index is 2.04. The van der Waals surface area contributed by atoms with Crippen LogP contribution >= 0.6 is 15.9 Å². The van der Waals surface area contributed by atoms with Crippen LogP contribution in [0, 0.1) is 0 Å². The topological polar surface area (TPSA) is 108 Å². The van der Waals surface area contributed by atoms with Crippen molar-refractivity contribution in [2.75, 3.05) is 18.9 Å². The summed E-state index contributed by atoms with van der Waals surface area (Å²) in [6.45, 7) is 0. The van der Waals surface area contributed by atoms with Crippen LogP contribution in [0.25, 0.3) is 5.69 Å². The first-order valence-electron chi connectivity index (χ1n) is 7.23. The average molecular weight is 440 g/mol. The van der Waals surface area contributed by atoms with E-state index in [-0.39, 0.29) is 4.90 Å². The number of benzene rings is 2. The fourth-order valence-corrected chi connectivity index (χ4v) is 4.38. The third kappa shape index (κ3) is 3.48. The van der Waals surface area contributed by atoms with Gasteiger partial charge in [-0.15, -0.1) is 5.10 Å². The minimum Gasteiger partial charge on any atom is -0.493 e. The van der Waals surface area contributed by atoms with Gasteiger partial charge in [-0.1, -0.05) is 12.1 Å². The third-order valence-corrected chi connectivity index (χ3v) is 5.80. The first-order valence-corrected chi connectivity index (χ1v) is 9.50. The molecule has 3 rings (SSSR count). The normalized spacial score (nSPS) is 11.2. The van der Waals surface area contributed by atoms with Crippen LogP contribution in [-0.2, 0) is 10.0 Å². The monoisotopic (exact) mass is 439 g/mol. The number of tetrazole rings is 1. The van der Waals surface area contributed by atoms with Gasteiger partial charge >= 0.3 is 0 Å². The van der Waals surface area contributed by atoms with Crippen LogP contribution in [0.1, 0.15) is 0 Å². The summed E-state index contributed by atoms with van der Waals surface area (Å²) in [5.41, 5.74) is 0.805. The van der Waals surface area contributed by atoms with Gasteiger partial charge in [-0.05, 0) is 44.6 Å². The summed E-state index contributed by atoms with van der Waals surface area (Å²) in [4.78, 5) is 0.00154. The van der Waals surface area contributed by atoms with Crippen molar-refractivity contribution >= 4 is 31.6 Å². The molecule has 0 radical (unpaired) electrons. The Labute approximate surface area is 158 Å². The molecule has 9 nitrogen and oxygen atoms in total. The molecule has 0 aliphatic carbocycles. The first kappa shape index (κ1) is 18.1. The number of ether oxygens (including phenoxy) is 2. The number of rotatable bonds is 6. The lowest BCUT2D eigenvalue weighted by Crippen LogP contribution is -2.15. The molecular formula is C15H14BrN5O4S. The number of para-hydroxylation sites is 2. The second-order valence-electron chi connectivity index (χ2n) is 5.01. The van der Waals surface area contributed by atoms with Crippen LogP contribution in [0.2, 0.25) is 0 Å². The summed E-state index contributed by atoms with van der Waals surface area (Å²) in [5.74, 6) is 0.706. The molecule has 0 atom stereocenters. The zero-order chi connectivity index (χ0) is 18.7. The van der Waals surface area contributed by atoms with Crippen LogP contribution in [0.3, 0.4) is 0 Å². The summed E-state index contributed by atoms with van der Waals surface area (Å²) < 4.78 is 40.4. The van der Waals surface area contributed by atoms with E-state index in [1.807, 2.05) is 0 Å². The number of nitrogens with one attached hydrogen (secondary N) is 1. The zero-order valence-electron chi connectivity index (χ0n) is 13.7. The molecule has 0 spiro atoms. The third-order valence-electron chi connectivity index (χ3n) is 3.47. The van der Waals surface area contributed by atoms with Crippen molar-refractivity contribution in [3.05, 3.63) is 47.2 Å². The van der Waals surface area contributed by atoms with Crippen molar-refractivity contribution in [3.63, 3.8) is 0 Å². The van der Waals surface area contributed by atoms with Gasteiger partial charge in [0.05, 0.1) is 25.6 Å². The Hall–Kier alpha value is -2.66. The van der Waals surface area contributed by atoms with Gasteiger partial charge in [0, 0.05) is 10.5 Å². The predicted molar refractivity (Wildman–Crippen MR) is 97.2 cm³/mol. The highest BCUT2D eigenvalue weighted by atomic mass is 79.9. The number of hydrogen-bond acceptors (Lipinski definition) is 7. The molecule has 1 aromatic heterocycles. The lowest BCUT2D eigenvalue weighted by atomic mass is 10.3. The van der Waals surface area contributed by atoms with E-state index >= 15 is 0 Å². The molecule has 0 fully saturated rings. The zero-order valence-corrected chi connectivity index (χ0v) is 16.2. The smallest absolute Gasteiger partial charge is 0.263 e. The van der Waals surface area contributed by atoms with E-state index < -0.39 is 10.0 Å². The van der Waals surface area contributed by atoms with Gasteiger partial charge < -0.3 is 9.47 Å². The van der Waals surface area contributed by atoms with Gasteiger partial charge in [-0.3, -0.25) is 4.72 Å². The van der Waals surface area contributed by atoms with Gasteiger partial charge in [0.1, 0.15) is 11.2 Å². The maximum absolute atomic E-state index is 12.9. The molecule has 136 valence electrons. The average Bonchev–Trinajstić information content (AvgIpc) is 3.15. The number of hydrogen-bond donors (Lipinski definition) is 1. The molecule has 2 aromatic carbocycles. The van der Waals surface area contributed by atoms with E-state index in [9.17, 15) is 8.42 Å². The Morgan fingerprint density at radius 3 is 2.46 bits per heavy atom. The van der Waals surface area contributed by atoms with Gasteiger partial charge in [-0.25, -0.2) is 8.42 Å². The molecule has 0 aliphatic heterocycles. The van der Waals surface area contributed by atoms with Crippen LogP contribution in [-0.4, -0.2) is 42.8 Å². The number of aromatic nitrogens is 4. The number of anilines is 1. The second-order valence-corrected chi connectivity index (χ2v) is 7.52. The molecule has 0 amide bonds. The molecular weight excluding hydrogens is 426 g/mol. The number of halogens is 1. The number of nitrogens with zero attached hydrogens (tertiary/aromatic N) is 4. The number of sulfonamides is 1. The molecule has 0 aliphatic rings. The van der Waals surface area contributed by atoms with Crippen molar-refractivity contribution in [3.8, 4) is 17.2 Å². The van der Waals surface area contributed by atoms with E-state index in [0.29, 0.717) is 27.3 Å². The quantitative estimate of drug-likeness (QED) is 0.626. The summed E-state index contributed by atoms with van der Waals surface area (Å²) in [6, 6.07) is 9.67. The SMILES string of the molecule is COc1cc(Br)c(S(=O)(=O)Nc2ccccc2-n2cnnn2)cc1OC. The molecule has 0 unspecified atom stereocenters. The van der Waals surface area contributed by atoms with Gasteiger partial charge in [0.25, 0.3) is 10.0 Å². The summed E-state index contributed by atoms with van der Waals surface area (Å²) in [6.07, 6.45) is 1.37. The van der Waals surface area contributed by atoms with Crippen molar-refractivity contribution in [1.29, 1.82) is 0 Å². The summed E-state index contributed by atoms with van der Waals surface area (Å²) in [7, 11) is -1.03. The largest absolute Gasteiger partial charge is 0.493 e. The molecule has 0 saturated heterocycles. The minimum absolute atomic E-state index is 0.00154. The van der Waals surface area contributed by atoms with Crippen LogP contribution in [0.15, 0.2) is 52.1 Å². The first-order chi connectivity index (χ1) is 12.5. The molecule has 1 heterocycles. The standard InChI is InChI=1S/C15H14BrN5O4S/c1-24-13-7-10(16)15(8-14(13)25-2)26(22,23)18-11-5-3-4-6-12(11)21-9-17-19-20-21/h3-9,18H,1-2H3. The number of methoxy groups -OCH3 is 2. The minimum atomic E-state index is -3.93. The van der Waals surface area contributed by atoms with Crippen LogP contribution in [0.4, 0.5) is 5.69 Å². The Kier molecular flexibility index (Phi) is 5.09. The fourth-order valence-electron chi connectivity index (χ4n) is 2.27. The molecule has 26 heavy (non-hydrogen) atoms.